The number of rotatable bonds is 2. The van der Waals surface area contributed by atoms with Crippen molar-refractivity contribution in [3.8, 4) is 11.5 Å². The molecule has 4 heterocycles. The van der Waals surface area contributed by atoms with Gasteiger partial charge in [-0.2, -0.15) is 4.98 Å². The van der Waals surface area contributed by atoms with Crippen molar-refractivity contribution in [2.24, 2.45) is 5.92 Å². The molecule has 130 valence electrons. The van der Waals surface area contributed by atoms with Crippen LogP contribution in [0.1, 0.15) is 28.0 Å². The van der Waals surface area contributed by atoms with Crippen molar-refractivity contribution in [3.05, 3.63) is 35.5 Å². The van der Waals surface area contributed by atoms with Crippen molar-refractivity contribution < 1.29 is 23.5 Å². The van der Waals surface area contributed by atoms with Crippen LogP contribution in [0.2, 0.25) is 0 Å². The third kappa shape index (κ3) is 2.36. The lowest BCUT2D eigenvalue weighted by molar-refractivity contribution is 0.0685. The van der Waals surface area contributed by atoms with E-state index in [0.717, 1.165) is 0 Å². The van der Waals surface area contributed by atoms with Crippen LogP contribution in [0.25, 0.3) is 0 Å². The van der Waals surface area contributed by atoms with E-state index >= 15 is 0 Å². The molecule has 0 radical (unpaired) electrons. The van der Waals surface area contributed by atoms with Crippen LogP contribution in [0.15, 0.2) is 22.7 Å². The van der Waals surface area contributed by atoms with Crippen LogP contribution in [0.4, 0.5) is 0 Å². The number of aromatic nitrogens is 2. The zero-order valence-corrected chi connectivity index (χ0v) is 13.7. The Morgan fingerprint density at radius 2 is 2.12 bits per heavy atom. The van der Waals surface area contributed by atoms with Crippen LogP contribution < -0.4 is 9.47 Å². The SMILES string of the molecule is Cc1noc([C@@H]2CO[C@H]3CN(C(=O)c4ccc5c(c4)OCO5)C[C@H]32)n1. The second-order valence-corrected chi connectivity index (χ2v) is 6.60. The van der Waals surface area contributed by atoms with Gasteiger partial charge in [-0.15, -0.1) is 0 Å². The maximum absolute atomic E-state index is 12.8. The lowest BCUT2D eigenvalue weighted by atomic mass is 9.93. The summed E-state index contributed by atoms with van der Waals surface area (Å²) in [5.74, 6) is 2.69. The predicted octanol–water partition coefficient (Wildman–Crippen LogP) is 1.36. The van der Waals surface area contributed by atoms with Gasteiger partial charge in [-0.1, -0.05) is 5.16 Å². The molecular weight excluding hydrogens is 326 g/mol. The summed E-state index contributed by atoms with van der Waals surface area (Å²) in [6.07, 6.45) is 0.00941. The molecule has 5 rings (SSSR count). The number of ether oxygens (including phenoxy) is 3. The molecule has 25 heavy (non-hydrogen) atoms. The van der Waals surface area contributed by atoms with Crippen molar-refractivity contribution >= 4 is 5.91 Å². The highest BCUT2D eigenvalue weighted by Gasteiger charge is 2.48. The first-order valence-corrected chi connectivity index (χ1v) is 8.30. The zero-order chi connectivity index (χ0) is 17.0. The average molecular weight is 343 g/mol. The van der Waals surface area contributed by atoms with Crippen molar-refractivity contribution in [2.75, 3.05) is 26.5 Å². The minimum Gasteiger partial charge on any atom is -0.454 e. The molecule has 0 spiro atoms. The molecule has 0 aliphatic carbocycles. The van der Waals surface area contributed by atoms with Gasteiger partial charge < -0.3 is 23.6 Å². The first kappa shape index (κ1) is 14.7. The molecule has 1 aromatic carbocycles. The lowest BCUT2D eigenvalue weighted by Crippen LogP contribution is -2.31. The summed E-state index contributed by atoms with van der Waals surface area (Å²) in [5, 5.41) is 3.86. The van der Waals surface area contributed by atoms with Crippen LogP contribution in [0, 0.1) is 12.8 Å². The number of hydrogen-bond donors (Lipinski definition) is 0. The van der Waals surface area contributed by atoms with Gasteiger partial charge in [0.25, 0.3) is 5.91 Å². The highest BCUT2D eigenvalue weighted by atomic mass is 16.7. The maximum Gasteiger partial charge on any atom is 0.254 e. The summed E-state index contributed by atoms with van der Waals surface area (Å²) in [6.45, 7) is 3.74. The number of fused-ring (bicyclic) bond motifs is 2. The minimum absolute atomic E-state index is 0.00941. The average Bonchev–Trinajstić information content (AvgIpc) is 3.36. The van der Waals surface area contributed by atoms with Gasteiger partial charge in [-0.25, -0.2) is 0 Å². The maximum atomic E-state index is 12.8. The Bertz CT molecular complexity index is 835. The van der Waals surface area contributed by atoms with E-state index in [1.54, 1.807) is 25.1 Å². The van der Waals surface area contributed by atoms with Gasteiger partial charge in [0, 0.05) is 24.6 Å². The molecule has 3 aliphatic rings. The first-order chi connectivity index (χ1) is 12.2. The molecule has 1 aromatic heterocycles. The summed E-state index contributed by atoms with van der Waals surface area (Å²) in [7, 11) is 0. The highest BCUT2D eigenvalue weighted by Crippen LogP contribution is 2.40. The monoisotopic (exact) mass is 343 g/mol. The smallest absolute Gasteiger partial charge is 0.254 e. The van der Waals surface area contributed by atoms with E-state index in [1.165, 1.54) is 0 Å². The summed E-state index contributed by atoms with van der Waals surface area (Å²) in [6, 6.07) is 5.27. The van der Waals surface area contributed by atoms with Gasteiger partial charge in [-0.05, 0) is 25.1 Å². The number of hydrogen-bond acceptors (Lipinski definition) is 7. The summed E-state index contributed by atoms with van der Waals surface area (Å²) in [5.41, 5.74) is 0.592. The molecule has 0 saturated carbocycles. The Labute approximate surface area is 143 Å². The highest BCUT2D eigenvalue weighted by molar-refractivity contribution is 5.95. The predicted molar refractivity (Wildman–Crippen MR) is 83.5 cm³/mol. The van der Waals surface area contributed by atoms with Crippen molar-refractivity contribution in [1.82, 2.24) is 15.0 Å². The van der Waals surface area contributed by atoms with Crippen molar-refractivity contribution in [3.63, 3.8) is 0 Å². The third-order valence-corrected chi connectivity index (χ3v) is 5.08. The van der Waals surface area contributed by atoms with E-state index < -0.39 is 0 Å². The van der Waals surface area contributed by atoms with Gasteiger partial charge in [-0.3, -0.25) is 4.79 Å². The van der Waals surface area contributed by atoms with E-state index in [9.17, 15) is 4.79 Å². The quantitative estimate of drug-likeness (QED) is 0.813. The fraction of sp³-hybridized carbons (Fsp3) is 0.471. The molecule has 1 amide bonds. The zero-order valence-electron chi connectivity index (χ0n) is 13.7. The van der Waals surface area contributed by atoms with Crippen LogP contribution >= 0.6 is 0 Å². The normalized spacial score (nSPS) is 26.9. The summed E-state index contributed by atoms with van der Waals surface area (Å²) < 4.78 is 21.8. The molecule has 2 fully saturated rings. The van der Waals surface area contributed by atoms with E-state index in [1.807, 2.05) is 4.90 Å². The van der Waals surface area contributed by atoms with Gasteiger partial charge in [0.1, 0.15) is 0 Å². The first-order valence-electron chi connectivity index (χ1n) is 8.30. The van der Waals surface area contributed by atoms with Crippen molar-refractivity contribution in [2.45, 2.75) is 18.9 Å². The molecule has 3 atom stereocenters. The number of carbonyl (C=O) groups excluding carboxylic acids is 1. The second-order valence-electron chi connectivity index (χ2n) is 6.60. The minimum atomic E-state index is -0.0308. The number of carbonyl (C=O) groups is 1. The molecule has 3 aliphatic heterocycles. The lowest BCUT2D eigenvalue weighted by Gasteiger charge is -2.18. The Balaban J connectivity index is 1.34. The van der Waals surface area contributed by atoms with Gasteiger partial charge in [0.2, 0.25) is 12.7 Å². The Hall–Kier alpha value is -2.61. The van der Waals surface area contributed by atoms with Crippen molar-refractivity contribution in [1.29, 1.82) is 0 Å². The van der Waals surface area contributed by atoms with Gasteiger partial charge in [0.05, 0.1) is 18.6 Å². The van der Waals surface area contributed by atoms with E-state index in [0.29, 0.717) is 48.5 Å². The third-order valence-electron chi connectivity index (χ3n) is 5.08. The molecular formula is C17H17N3O5. The fourth-order valence-corrected chi connectivity index (χ4v) is 3.81. The number of amides is 1. The molecule has 2 aromatic rings. The number of benzene rings is 1. The topological polar surface area (TPSA) is 86.9 Å². The molecule has 8 heteroatoms. The molecule has 0 N–H and O–H groups in total. The van der Waals surface area contributed by atoms with Gasteiger partial charge in [0.15, 0.2) is 17.3 Å². The molecule has 0 bridgehead atoms. The van der Waals surface area contributed by atoms with E-state index in [2.05, 4.69) is 10.1 Å². The largest absolute Gasteiger partial charge is 0.454 e. The second kappa shape index (κ2) is 5.45. The fourth-order valence-electron chi connectivity index (χ4n) is 3.81. The van der Waals surface area contributed by atoms with Crippen LogP contribution in [-0.2, 0) is 4.74 Å². The van der Waals surface area contributed by atoms with Crippen LogP contribution in [-0.4, -0.2) is 53.5 Å². The Morgan fingerprint density at radius 3 is 2.96 bits per heavy atom. The Kier molecular flexibility index (Phi) is 3.21. The Morgan fingerprint density at radius 1 is 1.24 bits per heavy atom. The molecule has 0 unspecified atom stereocenters. The molecule has 2 saturated heterocycles. The van der Waals surface area contributed by atoms with E-state index in [4.69, 9.17) is 18.7 Å². The van der Waals surface area contributed by atoms with Gasteiger partial charge >= 0.3 is 0 Å². The number of nitrogens with zero attached hydrogens (tertiary/aromatic N) is 3. The number of likely N-dealkylation sites (tertiary alicyclic amines) is 1. The standard InChI is InChI=1S/C17H17N3O5/c1-9-18-16(25-19-9)12-7-22-15-6-20(5-11(12)15)17(21)10-2-3-13-14(4-10)24-8-23-13/h2-4,11-12,15H,5-8H2,1H3/t11-,12+,15-/m0/s1. The molecule has 8 nitrogen and oxygen atoms in total. The van der Waals surface area contributed by atoms with E-state index in [-0.39, 0.29) is 30.6 Å². The summed E-state index contributed by atoms with van der Waals surface area (Å²) >= 11 is 0. The van der Waals surface area contributed by atoms with Crippen LogP contribution in [0.3, 0.4) is 0 Å². The number of aryl methyl sites for hydroxylation is 1. The summed E-state index contributed by atoms with van der Waals surface area (Å²) in [4.78, 5) is 19.0. The van der Waals surface area contributed by atoms with Crippen LogP contribution in [0.5, 0.6) is 11.5 Å².